The van der Waals surface area contributed by atoms with E-state index in [1.54, 1.807) is 31.2 Å². The van der Waals surface area contributed by atoms with E-state index in [0.29, 0.717) is 11.3 Å². The molecule has 0 bridgehead atoms. The number of amides is 1. The predicted octanol–water partition coefficient (Wildman–Crippen LogP) is 4.13. The minimum Gasteiger partial charge on any atom is -0.497 e. The zero-order valence-electron chi connectivity index (χ0n) is 12.6. The molecule has 0 aromatic heterocycles. The van der Waals surface area contributed by atoms with E-state index in [1.165, 1.54) is 0 Å². The van der Waals surface area contributed by atoms with Gasteiger partial charge in [0.25, 0.3) is 5.91 Å². The Bertz CT molecular complexity index is 826. The first-order valence-electron chi connectivity index (χ1n) is 7.10. The zero-order chi connectivity index (χ0) is 15.5. The van der Waals surface area contributed by atoms with Crippen LogP contribution in [0.15, 0.2) is 66.7 Å². The number of rotatable bonds is 3. The lowest BCUT2D eigenvalue weighted by molar-refractivity contribution is 0.0992. The van der Waals surface area contributed by atoms with E-state index in [1.807, 2.05) is 48.5 Å². The summed E-state index contributed by atoms with van der Waals surface area (Å²) in [6.07, 6.45) is 0. The van der Waals surface area contributed by atoms with E-state index in [4.69, 9.17) is 4.74 Å². The van der Waals surface area contributed by atoms with Gasteiger partial charge in [-0.25, -0.2) is 0 Å². The van der Waals surface area contributed by atoms with Crippen molar-refractivity contribution in [3.05, 3.63) is 72.3 Å². The second-order valence-corrected chi connectivity index (χ2v) is 5.13. The van der Waals surface area contributed by atoms with Gasteiger partial charge in [0.1, 0.15) is 5.75 Å². The monoisotopic (exact) mass is 291 g/mol. The standard InChI is InChI=1S/C19H17NO2/c1-20(19(21)16-8-5-9-18(13-16)22-2)17-11-10-14-6-3-4-7-15(14)12-17/h3-13H,1-2H3. The number of ether oxygens (including phenoxy) is 1. The van der Waals surface area contributed by atoms with Gasteiger partial charge in [-0.2, -0.15) is 0 Å². The minimum atomic E-state index is -0.0609. The van der Waals surface area contributed by atoms with Crippen LogP contribution in [0.25, 0.3) is 10.8 Å². The number of benzene rings is 3. The van der Waals surface area contributed by atoms with Crippen LogP contribution in [0.4, 0.5) is 5.69 Å². The van der Waals surface area contributed by atoms with E-state index in [2.05, 4.69) is 6.07 Å². The van der Waals surface area contributed by atoms with Crippen LogP contribution in [0.2, 0.25) is 0 Å². The summed E-state index contributed by atoms with van der Waals surface area (Å²) >= 11 is 0. The maximum atomic E-state index is 12.6. The van der Waals surface area contributed by atoms with Gasteiger partial charge in [0.15, 0.2) is 0 Å². The van der Waals surface area contributed by atoms with Crippen LogP contribution in [0.1, 0.15) is 10.4 Å². The molecule has 0 saturated heterocycles. The van der Waals surface area contributed by atoms with Crippen LogP contribution < -0.4 is 9.64 Å². The summed E-state index contributed by atoms with van der Waals surface area (Å²) in [6.45, 7) is 0. The van der Waals surface area contributed by atoms with Crippen molar-refractivity contribution in [3.63, 3.8) is 0 Å². The molecule has 0 N–H and O–H groups in total. The summed E-state index contributed by atoms with van der Waals surface area (Å²) < 4.78 is 5.18. The molecule has 0 aliphatic carbocycles. The molecular formula is C19H17NO2. The van der Waals surface area contributed by atoms with E-state index in [9.17, 15) is 4.79 Å². The fraction of sp³-hybridized carbons (Fsp3) is 0.105. The quantitative estimate of drug-likeness (QED) is 0.726. The van der Waals surface area contributed by atoms with Crippen molar-refractivity contribution >= 4 is 22.4 Å². The number of hydrogen-bond acceptors (Lipinski definition) is 2. The summed E-state index contributed by atoms with van der Waals surface area (Å²) in [5.41, 5.74) is 1.47. The second kappa shape index (κ2) is 5.90. The molecule has 1 amide bonds. The Morgan fingerprint density at radius 1 is 0.909 bits per heavy atom. The SMILES string of the molecule is COc1cccc(C(=O)N(C)c2ccc3ccccc3c2)c1. The van der Waals surface area contributed by atoms with Crippen molar-refractivity contribution in [1.82, 2.24) is 0 Å². The number of hydrogen-bond donors (Lipinski definition) is 0. The molecule has 3 nitrogen and oxygen atoms in total. The molecule has 0 fully saturated rings. The van der Waals surface area contributed by atoms with Gasteiger partial charge in [-0.05, 0) is 41.1 Å². The molecular weight excluding hydrogens is 274 g/mol. The molecule has 3 heteroatoms. The van der Waals surface area contributed by atoms with E-state index in [0.717, 1.165) is 16.5 Å². The van der Waals surface area contributed by atoms with Gasteiger partial charge >= 0.3 is 0 Å². The second-order valence-electron chi connectivity index (χ2n) is 5.13. The van der Waals surface area contributed by atoms with Crippen molar-refractivity contribution in [2.45, 2.75) is 0 Å². The average molecular weight is 291 g/mol. The highest BCUT2D eigenvalue weighted by Gasteiger charge is 2.14. The van der Waals surface area contributed by atoms with Gasteiger partial charge in [0.05, 0.1) is 7.11 Å². The Kier molecular flexibility index (Phi) is 3.79. The maximum absolute atomic E-state index is 12.6. The maximum Gasteiger partial charge on any atom is 0.258 e. The summed E-state index contributed by atoms with van der Waals surface area (Å²) in [5.74, 6) is 0.618. The largest absolute Gasteiger partial charge is 0.497 e. The minimum absolute atomic E-state index is 0.0609. The lowest BCUT2D eigenvalue weighted by Gasteiger charge is -2.18. The molecule has 0 atom stereocenters. The van der Waals surface area contributed by atoms with Gasteiger partial charge in [-0.3, -0.25) is 4.79 Å². The van der Waals surface area contributed by atoms with Crippen molar-refractivity contribution in [3.8, 4) is 5.75 Å². The number of carbonyl (C=O) groups is 1. The first kappa shape index (κ1) is 14.1. The highest BCUT2D eigenvalue weighted by molar-refractivity contribution is 6.06. The fourth-order valence-electron chi connectivity index (χ4n) is 2.45. The first-order valence-corrected chi connectivity index (χ1v) is 7.10. The molecule has 3 aromatic rings. The van der Waals surface area contributed by atoms with E-state index < -0.39 is 0 Å². The van der Waals surface area contributed by atoms with Crippen molar-refractivity contribution < 1.29 is 9.53 Å². The van der Waals surface area contributed by atoms with Gasteiger partial charge in [0.2, 0.25) is 0 Å². The van der Waals surface area contributed by atoms with Crippen molar-refractivity contribution in [2.24, 2.45) is 0 Å². The van der Waals surface area contributed by atoms with E-state index >= 15 is 0 Å². The molecule has 0 radical (unpaired) electrons. The Morgan fingerprint density at radius 3 is 2.45 bits per heavy atom. The Balaban J connectivity index is 1.93. The normalized spacial score (nSPS) is 10.5. The molecule has 0 spiro atoms. The molecule has 0 saturated carbocycles. The van der Waals surface area contributed by atoms with E-state index in [-0.39, 0.29) is 5.91 Å². The zero-order valence-corrected chi connectivity index (χ0v) is 12.6. The van der Waals surface area contributed by atoms with Crippen molar-refractivity contribution in [2.75, 3.05) is 19.1 Å². The van der Waals surface area contributed by atoms with Crippen LogP contribution in [-0.2, 0) is 0 Å². The van der Waals surface area contributed by atoms with Crippen LogP contribution in [0.5, 0.6) is 5.75 Å². The fourth-order valence-corrected chi connectivity index (χ4v) is 2.45. The third kappa shape index (κ3) is 2.66. The Hall–Kier alpha value is -2.81. The van der Waals surface area contributed by atoms with Crippen LogP contribution >= 0.6 is 0 Å². The third-order valence-corrected chi connectivity index (χ3v) is 3.74. The van der Waals surface area contributed by atoms with Gasteiger partial charge in [-0.15, -0.1) is 0 Å². The summed E-state index contributed by atoms with van der Waals surface area (Å²) in [6, 6.07) is 21.3. The molecule has 0 unspecified atom stereocenters. The molecule has 0 heterocycles. The molecule has 3 rings (SSSR count). The highest BCUT2D eigenvalue weighted by atomic mass is 16.5. The highest BCUT2D eigenvalue weighted by Crippen LogP contribution is 2.23. The number of anilines is 1. The lowest BCUT2D eigenvalue weighted by Crippen LogP contribution is -2.26. The topological polar surface area (TPSA) is 29.5 Å². The van der Waals surface area contributed by atoms with Gasteiger partial charge in [-0.1, -0.05) is 36.4 Å². The molecule has 0 aliphatic heterocycles. The van der Waals surface area contributed by atoms with Crippen LogP contribution in [-0.4, -0.2) is 20.1 Å². The molecule has 110 valence electrons. The van der Waals surface area contributed by atoms with Gasteiger partial charge in [0, 0.05) is 18.3 Å². The number of carbonyl (C=O) groups excluding carboxylic acids is 1. The first-order chi connectivity index (χ1) is 10.7. The Labute approximate surface area is 129 Å². The molecule has 0 aliphatic rings. The summed E-state index contributed by atoms with van der Waals surface area (Å²) in [7, 11) is 3.38. The third-order valence-electron chi connectivity index (χ3n) is 3.74. The summed E-state index contributed by atoms with van der Waals surface area (Å²) in [4.78, 5) is 14.3. The molecule has 3 aromatic carbocycles. The van der Waals surface area contributed by atoms with Crippen LogP contribution in [0, 0.1) is 0 Å². The lowest BCUT2D eigenvalue weighted by atomic mass is 10.1. The van der Waals surface area contributed by atoms with Crippen molar-refractivity contribution in [1.29, 1.82) is 0 Å². The average Bonchev–Trinajstić information content (AvgIpc) is 2.60. The number of methoxy groups -OCH3 is 1. The Morgan fingerprint density at radius 2 is 1.68 bits per heavy atom. The molecule has 22 heavy (non-hydrogen) atoms. The smallest absolute Gasteiger partial charge is 0.258 e. The van der Waals surface area contributed by atoms with Crippen LogP contribution in [0.3, 0.4) is 0 Å². The summed E-state index contributed by atoms with van der Waals surface area (Å²) in [5, 5.41) is 2.28. The number of fused-ring (bicyclic) bond motifs is 1. The number of nitrogens with zero attached hydrogens (tertiary/aromatic N) is 1. The van der Waals surface area contributed by atoms with Gasteiger partial charge < -0.3 is 9.64 Å². The predicted molar refractivity (Wildman–Crippen MR) is 89.7 cm³/mol.